The lowest BCUT2D eigenvalue weighted by Crippen LogP contribution is -2.08. The minimum atomic E-state index is 1.10. The van der Waals surface area contributed by atoms with E-state index in [9.17, 15) is 0 Å². The molecule has 2 nitrogen and oxygen atoms in total. The van der Waals surface area contributed by atoms with Crippen LogP contribution in [0.5, 0.6) is 0 Å². The van der Waals surface area contributed by atoms with Crippen molar-refractivity contribution in [2.45, 2.75) is 130 Å². The van der Waals surface area contributed by atoms with Gasteiger partial charge in [-0.05, 0) is 80.2 Å². The molecule has 0 saturated heterocycles. The molecule has 0 radical (unpaired) electrons. The zero-order chi connectivity index (χ0) is 24.2. The Hall–Kier alpha value is -1.96. The van der Waals surface area contributed by atoms with Crippen molar-refractivity contribution in [3.05, 3.63) is 46.8 Å². The smallest absolute Gasteiger partial charge is 0.0973 e. The topological polar surface area (TPSA) is 25.8 Å². The molecule has 3 aromatic rings. The number of fused-ring (bicyclic) bond motifs is 3. The zero-order valence-corrected chi connectivity index (χ0v) is 22.5. The Morgan fingerprint density at radius 1 is 0.618 bits per heavy atom. The van der Waals surface area contributed by atoms with Gasteiger partial charge in [-0.1, -0.05) is 85.1 Å². The third-order valence-electron chi connectivity index (χ3n) is 7.34. The summed E-state index contributed by atoms with van der Waals surface area (Å²) in [5, 5.41) is 2.72. The summed E-state index contributed by atoms with van der Waals surface area (Å²) in [6, 6.07) is 6.75. The average molecular weight is 461 g/mol. The first-order valence-corrected chi connectivity index (χ1v) is 14.5. The second-order valence-corrected chi connectivity index (χ2v) is 10.2. The molecule has 0 aliphatic carbocycles. The summed E-state index contributed by atoms with van der Waals surface area (Å²) in [6.45, 7) is 9.23. The molecule has 3 rings (SSSR count). The molecular formula is C32H48N2. The zero-order valence-electron chi connectivity index (χ0n) is 22.5. The van der Waals surface area contributed by atoms with Crippen LogP contribution in [0.4, 0.5) is 0 Å². The maximum Gasteiger partial charge on any atom is 0.0973 e. The van der Waals surface area contributed by atoms with Gasteiger partial charge in [-0.15, -0.1) is 0 Å². The first kappa shape index (κ1) is 26.6. The summed E-state index contributed by atoms with van der Waals surface area (Å²) in [5.41, 5.74) is 8.40. The number of benzene rings is 1. The van der Waals surface area contributed by atoms with Crippen molar-refractivity contribution in [1.82, 2.24) is 9.97 Å². The van der Waals surface area contributed by atoms with Gasteiger partial charge in [0.05, 0.1) is 11.0 Å². The lowest BCUT2D eigenvalue weighted by molar-refractivity contribution is 0.671. The second-order valence-electron chi connectivity index (χ2n) is 10.2. The molecule has 2 heteroatoms. The van der Waals surface area contributed by atoms with Gasteiger partial charge in [0, 0.05) is 22.7 Å². The van der Waals surface area contributed by atoms with Crippen molar-refractivity contribution in [2.24, 2.45) is 0 Å². The van der Waals surface area contributed by atoms with E-state index in [2.05, 4.69) is 45.9 Å². The van der Waals surface area contributed by atoms with E-state index in [4.69, 9.17) is 9.97 Å². The van der Waals surface area contributed by atoms with Crippen molar-refractivity contribution in [3.8, 4) is 0 Å². The standard InChI is InChI=1S/C32H48N2/c1-5-9-13-18-25-24-26-19-17-23-33-31(26)32-30(25)28(21-15-11-7-3)27(20-14-10-6-2)29(34-32)22-16-12-8-4/h17,19,23-24H,5-16,18,20-22H2,1-4H3. The predicted octanol–water partition coefficient (Wildman–Crippen LogP) is 9.71. The van der Waals surface area contributed by atoms with E-state index in [1.54, 1.807) is 11.1 Å². The van der Waals surface area contributed by atoms with Crippen molar-refractivity contribution < 1.29 is 0 Å². The van der Waals surface area contributed by atoms with E-state index in [1.807, 2.05) is 6.20 Å². The summed E-state index contributed by atoms with van der Waals surface area (Å²) in [4.78, 5) is 10.3. The maximum absolute atomic E-state index is 5.47. The molecule has 0 unspecified atom stereocenters. The van der Waals surface area contributed by atoms with Crippen molar-refractivity contribution in [3.63, 3.8) is 0 Å². The van der Waals surface area contributed by atoms with Gasteiger partial charge in [0.15, 0.2) is 0 Å². The molecule has 0 aliphatic rings. The van der Waals surface area contributed by atoms with E-state index in [-0.39, 0.29) is 0 Å². The first-order valence-electron chi connectivity index (χ1n) is 14.5. The fourth-order valence-corrected chi connectivity index (χ4v) is 5.42. The number of nitrogens with zero attached hydrogens (tertiary/aromatic N) is 2. The lowest BCUT2D eigenvalue weighted by atomic mass is 9.87. The van der Waals surface area contributed by atoms with Gasteiger partial charge in [-0.25, -0.2) is 0 Å². The van der Waals surface area contributed by atoms with Crippen molar-refractivity contribution in [1.29, 1.82) is 0 Å². The van der Waals surface area contributed by atoms with Crippen LogP contribution in [0.3, 0.4) is 0 Å². The van der Waals surface area contributed by atoms with Gasteiger partial charge in [0.2, 0.25) is 0 Å². The van der Waals surface area contributed by atoms with Crippen LogP contribution in [0.2, 0.25) is 0 Å². The fraction of sp³-hybridized carbons (Fsp3) is 0.625. The van der Waals surface area contributed by atoms with Crippen LogP contribution in [0.25, 0.3) is 21.8 Å². The maximum atomic E-state index is 5.47. The largest absolute Gasteiger partial charge is 0.254 e. The van der Waals surface area contributed by atoms with Crippen molar-refractivity contribution in [2.75, 3.05) is 0 Å². The Kier molecular flexibility index (Phi) is 11.3. The Morgan fingerprint density at radius 2 is 1.21 bits per heavy atom. The minimum Gasteiger partial charge on any atom is -0.254 e. The Balaban J connectivity index is 2.25. The molecule has 0 N–H and O–H groups in total. The van der Waals surface area contributed by atoms with Gasteiger partial charge >= 0.3 is 0 Å². The van der Waals surface area contributed by atoms with Gasteiger partial charge in [-0.3, -0.25) is 9.97 Å². The van der Waals surface area contributed by atoms with Gasteiger partial charge in [0.1, 0.15) is 0 Å². The summed E-state index contributed by atoms with van der Waals surface area (Å²) in [6.07, 6.45) is 21.9. The number of aryl methyl sites for hydroxylation is 3. The van der Waals surface area contributed by atoms with Crippen LogP contribution in [-0.2, 0) is 25.7 Å². The summed E-state index contributed by atoms with van der Waals surface area (Å²) in [5.74, 6) is 0. The second kappa shape index (κ2) is 14.4. The number of unbranched alkanes of at least 4 members (excludes halogenated alkanes) is 8. The molecular weight excluding hydrogens is 412 g/mol. The molecule has 0 amide bonds. The molecule has 1 aromatic carbocycles. The van der Waals surface area contributed by atoms with E-state index in [1.165, 1.54) is 117 Å². The Bertz CT molecular complexity index is 1020. The molecule has 0 aliphatic heterocycles. The normalized spacial score (nSPS) is 11.6. The highest BCUT2D eigenvalue weighted by molar-refractivity contribution is 6.06. The summed E-state index contributed by atoms with van der Waals surface area (Å²) >= 11 is 0. The number of hydrogen-bond acceptors (Lipinski definition) is 2. The quantitative estimate of drug-likeness (QED) is 0.157. The van der Waals surface area contributed by atoms with Crippen LogP contribution in [0.15, 0.2) is 24.4 Å². The Morgan fingerprint density at radius 3 is 1.85 bits per heavy atom. The highest BCUT2D eigenvalue weighted by atomic mass is 14.8. The Labute approximate surface area is 209 Å². The first-order chi connectivity index (χ1) is 16.7. The van der Waals surface area contributed by atoms with E-state index >= 15 is 0 Å². The molecule has 186 valence electrons. The summed E-state index contributed by atoms with van der Waals surface area (Å²) < 4.78 is 0. The highest BCUT2D eigenvalue weighted by Crippen LogP contribution is 2.35. The molecule has 34 heavy (non-hydrogen) atoms. The van der Waals surface area contributed by atoms with Gasteiger partial charge < -0.3 is 0 Å². The van der Waals surface area contributed by atoms with Crippen LogP contribution in [0, 0.1) is 0 Å². The van der Waals surface area contributed by atoms with Crippen LogP contribution in [-0.4, -0.2) is 9.97 Å². The predicted molar refractivity (Wildman–Crippen MR) is 150 cm³/mol. The average Bonchev–Trinajstić information content (AvgIpc) is 2.85. The number of rotatable bonds is 16. The fourth-order valence-electron chi connectivity index (χ4n) is 5.42. The molecule has 0 bridgehead atoms. The monoisotopic (exact) mass is 460 g/mol. The van der Waals surface area contributed by atoms with Crippen LogP contribution < -0.4 is 0 Å². The third-order valence-corrected chi connectivity index (χ3v) is 7.34. The molecule has 0 spiro atoms. The van der Waals surface area contributed by atoms with Gasteiger partial charge in [0.25, 0.3) is 0 Å². The highest BCUT2D eigenvalue weighted by Gasteiger charge is 2.19. The third kappa shape index (κ3) is 6.80. The minimum absolute atomic E-state index is 1.10. The molecule has 2 heterocycles. The number of hydrogen-bond donors (Lipinski definition) is 0. The van der Waals surface area contributed by atoms with Crippen LogP contribution in [0.1, 0.15) is 127 Å². The molecule has 0 saturated carbocycles. The van der Waals surface area contributed by atoms with Crippen molar-refractivity contribution >= 4 is 21.8 Å². The summed E-state index contributed by atoms with van der Waals surface area (Å²) in [7, 11) is 0. The lowest BCUT2D eigenvalue weighted by Gasteiger charge is -2.21. The SMILES string of the molecule is CCCCCc1nc2c(c(CCCCC)cc3cccnc32)c(CCCCC)c1CCCCC. The van der Waals surface area contributed by atoms with E-state index in [0.717, 1.165) is 18.4 Å². The molecule has 0 atom stereocenters. The molecule has 0 fully saturated rings. The number of pyridine rings is 2. The van der Waals surface area contributed by atoms with Crippen LogP contribution >= 0.6 is 0 Å². The van der Waals surface area contributed by atoms with E-state index in [0.29, 0.717) is 0 Å². The van der Waals surface area contributed by atoms with Gasteiger partial charge in [-0.2, -0.15) is 0 Å². The number of aromatic nitrogens is 2. The molecule has 2 aromatic heterocycles. The van der Waals surface area contributed by atoms with E-state index < -0.39 is 0 Å².